The monoisotopic (exact) mass is 200 g/mol. The summed E-state index contributed by atoms with van der Waals surface area (Å²) < 4.78 is 5.75. The number of allylic oxidation sites excluding steroid dienone is 2. The first-order valence-electron chi connectivity index (χ1n) is 5.03. The summed E-state index contributed by atoms with van der Waals surface area (Å²) in [6.45, 7) is 11.3. The van der Waals surface area contributed by atoms with Gasteiger partial charge >= 0.3 is 0 Å². The van der Waals surface area contributed by atoms with Gasteiger partial charge in [0.05, 0.1) is 0 Å². The minimum atomic E-state index is -1.51. The van der Waals surface area contributed by atoms with Gasteiger partial charge in [-0.15, -0.1) is 0 Å². The van der Waals surface area contributed by atoms with Crippen LogP contribution in [0.15, 0.2) is 12.2 Å². The van der Waals surface area contributed by atoms with Crippen LogP contribution in [0, 0.1) is 0 Å². The Kier molecular flexibility index (Phi) is 4.93. The Morgan fingerprint density at radius 3 is 2.15 bits per heavy atom. The van der Waals surface area contributed by atoms with Crippen LogP contribution in [0.5, 0.6) is 0 Å². The minimum absolute atomic E-state index is 0.337. The van der Waals surface area contributed by atoms with Crippen molar-refractivity contribution in [3.05, 3.63) is 12.2 Å². The molecule has 0 aromatic carbocycles. The molecule has 0 fully saturated rings. The van der Waals surface area contributed by atoms with Crippen LogP contribution >= 0.6 is 0 Å². The second-order valence-electron chi connectivity index (χ2n) is 4.79. The number of hydrogen-bond acceptors (Lipinski definition) is 1. The minimum Gasteiger partial charge on any atom is -0.420 e. The van der Waals surface area contributed by atoms with Gasteiger partial charge in [0.2, 0.25) is 0 Å². The molecule has 0 rings (SSSR count). The van der Waals surface area contributed by atoms with Crippen molar-refractivity contribution < 1.29 is 4.43 Å². The van der Waals surface area contributed by atoms with Gasteiger partial charge in [-0.25, -0.2) is 0 Å². The maximum atomic E-state index is 5.75. The molecule has 0 N–H and O–H groups in total. The average molecular weight is 200 g/mol. The summed E-state index contributed by atoms with van der Waals surface area (Å²) in [6.07, 6.45) is 5.51. The van der Waals surface area contributed by atoms with Crippen molar-refractivity contribution in [2.75, 3.05) is 7.11 Å². The fourth-order valence-electron chi connectivity index (χ4n) is 1.31. The molecular formula is C11H24OSi. The molecule has 0 aromatic rings. The second-order valence-corrected chi connectivity index (χ2v) is 9.66. The van der Waals surface area contributed by atoms with Crippen LogP contribution in [-0.2, 0) is 4.43 Å². The lowest BCUT2D eigenvalue weighted by Gasteiger charge is -2.38. The van der Waals surface area contributed by atoms with Crippen LogP contribution in [0.1, 0.15) is 34.1 Å². The molecule has 0 saturated carbocycles. The van der Waals surface area contributed by atoms with E-state index in [1.165, 1.54) is 6.04 Å². The van der Waals surface area contributed by atoms with E-state index in [1.54, 1.807) is 0 Å². The Balaban J connectivity index is 4.29. The van der Waals surface area contributed by atoms with E-state index in [4.69, 9.17) is 4.43 Å². The molecule has 0 aliphatic carbocycles. The highest BCUT2D eigenvalue weighted by Gasteiger charge is 2.40. The summed E-state index contributed by atoms with van der Waals surface area (Å²) in [6, 6.07) is 1.22. The van der Waals surface area contributed by atoms with Crippen molar-refractivity contribution >= 4 is 8.32 Å². The lowest BCUT2D eigenvalue weighted by molar-refractivity contribution is 0.365. The van der Waals surface area contributed by atoms with Gasteiger partial charge in [-0.1, -0.05) is 32.9 Å². The van der Waals surface area contributed by atoms with Crippen LogP contribution in [0.25, 0.3) is 0 Å². The molecule has 0 spiro atoms. The molecule has 0 aromatic heterocycles. The van der Waals surface area contributed by atoms with E-state index in [1.807, 2.05) is 7.11 Å². The van der Waals surface area contributed by atoms with E-state index >= 15 is 0 Å². The Morgan fingerprint density at radius 2 is 1.85 bits per heavy atom. The summed E-state index contributed by atoms with van der Waals surface area (Å²) in [4.78, 5) is 0. The molecule has 0 radical (unpaired) electrons. The van der Waals surface area contributed by atoms with Crippen LogP contribution in [-0.4, -0.2) is 15.4 Å². The highest BCUT2D eigenvalue weighted by molar-refractivity contribution is 6.75. The second kappa shape index (κ2) is 4.96. The van der Waals surface area contributed by atoms with Crippen LogP contribution in [0.4, 0.5) is 0 Å². The first-order valence-corrected chi connectivity index (χ1v) is 7.65. The molecule has 0 saturated heterocycles. The molecule has 1 unspecified atom stereocenters. The standard InChI is InChI=1S/C11H24OSi/c1-7-8-9-10-13(6,12-5)11(2,3)4/h7-8H,9-10H2,1-6H3/b8-7+. The normalized spacial score (nSPS) is 17.7. The van der Waals surface area contributed by atoms with Gasteiger partial charge in [0.1, 0.15) is 0 Å². The van der Waals surface area contributed by atoms with Crippen molar-refractivity contribution in [1.29, 1.82) is 0 Å². The van der Waals surface area contributed by atoms with Gasteiger partial charge in [0, 0.05) is 7.11 Å². The Hall–Kier alpha value is -0.0831. The summed E-state index contributed by atoms with van der Waals surface area (Å²) in [5.41, 5.74) is 0. The van der Waals surface area contributed by atoms with E-state index < -0.39 is 8.32 Å². The molecule has 1 nitrogen and oxygen atoms in total. The van der Waals surface area contributed by atoms with E-state index in [-0.39, 0.29) is 0 Å². The highest BCUT2D eigenvalue weighted by atomic mass is 28.4. The van der Waals surface area contributed by atoms with E-state index in [2.05, 4.69) is 46.4 Å². The largest absolute Gasteiger partial charge is 0.420 e. The molecule has 0 heterocycles. The van der Waals surface area contributed by atoms with Crippen molar-refractivity contribution in [3.63, 3.8) is 0 Å². The SMILES string of the molecule is C/C=C/CC[Si](C)(OC)C(C)(C)C. The molecule has 78 valence electrons. The van der Waals surface area contributed by atoms with E-state index in [0.29, 0.717) is 5.04 Å². The Labute approximate surface area is 84.3 Å². The third-order valence-corrected chi connectivity index (χ3v) is 8.38. The Bertz CT molecular complexity index is 169. The topological polar surface area (TPSA) is 9.23 Å². The van der Waals surface area contributed by atoms with Gasteiger partial charge in [0.15, 0.2) is 8.32 Å². The summed E-state index contributed by atoms with van der Waals surface area (Å²) in [5, 5.41) is 0.337. The van der Waals surface area contributed by atoms with Crippen molar-refractivity contribution in [2.45, 2.75) is 51.7 Å². The highest BCUT2D eigenvalue weighted by Crippen LogP contribution is 2.39. The molecule has 0 amide bonds. The maximum absolute atomic E-state index is 5.75. The van der Waals surface area contributed by atoms with Gasteiger partial charge in [-0.3, -0.25) is 0 Å². The third-order valence-electron chi connectivity index (χ3n) is 3.06. The van der Waals surface area contributed by atoms with E-state index in [9.17, 15) is 0 Å². The number of rotatable bonds is 4. The van der Waals surface area contributed by atoms with Gasteiger partial charge in [-0.2, -0.15) is 0 Å². The van der Waals surface area contributed by atoms with Crippen molar-refractivity contribution in [2.24, 2.45) is 0 Å². The fraction of sp³-hybridized carbons (Fsp3) is 0.818. The predicted molar refractivity (Wildman–Crippen MR) is 62.6 cm³/mol. The smallest absolute Gasteiger partial charge is 0.194 e. The van der Waals surface area contributed by atoms with Crippen LogP contribution in [0.3, 0.4) is 0 Å². The quantitative estimate of drug-likeness (QED) is 0.493. The summed E-state index contributed by atoms with van der Waals surface area (Å²) in [7, 11) is 0.355. The zero-order valence-corrected chi connectivity index (χ0v) is 11.0. The third kappa shape index (κ3) is 3.65. The number of hydrogen-bond donors (Lipinski definition) is 0. The lowest BCUT2D eigenvalue weighted by atomic mass is 10.2. The molecule has 0 aliphatic rings. The molecular weight excluding hydrogens is 176 g/mol. The summed E-state index contributed by atoms with van der Waals surface area (Å²) >= 11 is 0. The molecule has 2 heteroatoms. The van der Waals surface area contributed by atoms with Gasteiger partial charge in [-0.05, 0) is 31.0 Å². The van der Waals surface area contributed by atoms with Gasteiger partial charge in [0.25, 0.3) is 0 Å². The predicted octanol–water partition coefficient (Wildman–Crippen LogP) is 3.97. The molecule has 0 bridgehead atoms. The maximum Gasteiger partial charge on any atom is 0.194 e. The first-order chi connectivity index (χ1) is 5.87. The molecule has 0 aliphatic heterocycles. The molecule has 13 heavy (non-hydrogen) atoms. The zero-order valence-electron chi connectivity index (χ0n) is 9.98. The first kappa shape index (κ1) is 12.9. The lowest BCUT2D eigenvalue weighted by Crippen LogP contribution is -2.42. The van der Waals surface area contributed by atoms with Gasteiger partial charge < -0.3 is 4.43 Å². The van der Waals surface area contributed by atoms with E-state index in [0.717, 1.165) is 6.42 Å². The van der Waals surface area contributed by atoms with Crippen molar-refractivity contribution in [3.8, 4) is 0 Å². The van der Waals surface area contributed by atoms with Crippen LogP contribution in [0.2, 0.25) is 17.6 Å². The Morgan fingerprint density at radius 1 is 1.31 bits per heavy atom. The summed E-state index contributed by atoms with van der Waals surface area (Å²) in [5.74, 6) is 0. The fourth-order valence-corrected chi connectivity index (χ4v) is 3.59. The molecule has 1 atom stereocenters. The average Bonchev–Trinajstić information content (AvgIpc) is 2.02. The zero-order chi connectivity index (χ0) is 10.5. The van der Waals surface area contributed by atoms with Crippen LogP contribution < -0.4 is 0 Å². The van der Waals surface area contributed by atoms with Crippen molar-refractivity contribution in [1.82, 2.24) is 0 Å².